The molecule has 4 nitrogen and oxygen atoms in total. The Labute approximate surface area is 88.4 Å². The first-order valence-electron chi connectivity index (χ1n) is 5.39. The van der Waals surface area contributed by atoms with E-state index in [9.17, 15) is 0 Å². The molecule has 3 rings (SSSR count). The van der Waals surface area contributed by atoms with Crippen LogP contribution in [0.3, 0.4) is 0 Å². The van der Waals surface area contributed by atoms with E-state index in [2.05, 4.69) is 21.4 Å². The fourth-order valence-corrected chi connectivity index (χ4v) is 1.98. The van der Waals surface area contributed by atoms with Gasteiger partial charge in [0.25, 0.3) is 0 Å². The van der Waals surface area contributed by atoms with Gasteiger partial charge in [-0.15, -0.1) is 0 Å². The van der Waals surface area contributed by atoms with Crippen LogP contribution in [0.2, 0.25) is 0 Å². The molecule has 0 bridgehead atoms. The van der Waals surface area contributed by atoms with Gasteiger partial charge in [0, 0.05) is 31.0 Å². The summed E-state index contributed by atoms with van der Waals surface area (Å²) in [5.74, 6) is 1.42. The molecule has 1 aromatic heterocycles. The number of nitrogens with zero attached hydrogens (tertiary/aromatic N) is 3. The molecule has 15 heavy (non-hydrogen) atoms. The van der Waals surface area contributed by atoms with Gasteiger partial charge in [0.15, 0.2) is 0 Å². The first-order valence-corrected chi connectivity index (χ1v) is 5.39. The molecule has 0 amide bonds. The molecule has 1 aliphatic heterocycles. The molecule has 1 fully saturated rings. The van der Waals surface area contributed by atoms with Crippen molar-refractivity contribution in [3.63, 3.8) is 0 Å². The van der Waals surface area contributed by atoms with Crippen molar-refractivity contribution in [1.29, 1.82) is 5.26 Å². The summed E-state index contributed by atoms with van der Waals surface area (Å²) >= 11 is 0. The van der Waals surface area contributed by atoms with Crippen molar-refractivity contribution in [3.8, 4) is 6.07 Å². The number of rotatable bonds is 1. The number of hydrogen-bond acceptors (Lipinski definition) is 4. The first kappa shape index (κ1) is 8.81. The van der Waals surface area contributed by atoms with Gasteiger partial charge >= 0.3 is 0 Å². The number of nitriles is 1. The summed E-state index contributed by atoms with van der Waals surface area (Å²) in [6.07, 6.45) is 3.29. The van der Waals surface area contributed by atoms with E-state index in [4.69, 9.17) is 5.26 Å². The number of hydrogen-bond donors (Lipinski definition) is 1. The summed E-state index contributed by atoms with van der Waals surface area (Å²) in [6, 6.07) is 2.19. The van der Waals surface area contributed by atoms with Crippen LogP contribution >= 0.6 is 0 Å². The molecule has 0 aromatic carbocycles. The molecule has 2 aliphatic rings. The number of nitrogens with one attached hydrogen (secondary N) is 1. The third-order valence-electron chi connectivity index (χ3n) is 3.00. The average Bonchev–Trinajstić information content (AvgIpc) is 3.11. The van der Waals surface area contributed by atoms with Crippen LogP contribution < -0.4 is 5.32 Å². The second-order valence-corrected chi connectivity index (χ2v) is 4.17. The van der Waals surface area contributed by atoms with Gasteiger partial charge in [0.05, 0.1) is 5.69 Å². The van der Waals surface area contributed by atoms with E-state index in [-0.39, 0.29) is 0 Å². The van der Waals surface area contributed by atoms with Crippen molar-refractivity contribution >= 4 is 0 Å². The quantitative estimate of drug-likeness (QED) is 0.730. The predicted octanol–water partition coefficient (Wildman–Crippen LogP) is 0.871. The molecule has 76 valence electrons. The Bertz CT molecular complexity index is 443. The Balaban J connectivity index is 2.11. The predicted molar refractivity (Wildman–Crippen MR) is 54.1 cm³/mol. The molecule has 2 heterocycles. The number of fused-ring (bicyclic) bond motifs is 1. The van der Waals surface area contributed by atoms with E-state index < -0.39 is 0 Å². The summed E-state index contributed by atoms with van der Waals surface area (Å²) in [7, 11) is 0. The molecule has 4 heteroatoms. The Morgan fingerprint density at radius 3 is 2.93 bits per heavy atom. The van der Waals surface area contributed by atoms with E-state index in [0.29, 0.717) is 11.6 Å². The fourth-order valence-electron chi connectivity index (χ4n) is 1.98. The van der Waals surface area contributed by atoms with Gasteiger partial charge in [-0.3, -0.25) is 0 Å². The van der Waals surface area contributed by atoms with Crippen LogP contribution in [0.4, 0.5) is 0 Å². The van der Waals surface area contributed by atoms with Crippen molar-refractivity contribution in [2.45, 2.75) is 31.7 Å². The van der Waals surface area contributed by atoms with E-state index in [1.54, 1.807) is 0 Å². The van der Waals surface area contributed by atoms with E-state index >= 15 is 0 Å². The van der Waals surface area contributed by atoms with Crippen LogP contribution in [0.5, 0.6) is 0 Å². The normalized spacial score (nSPS) is 19.4. The lowest BCUT2D eigenvalue weighted by atomic mass is 10.1. The van der Waals surface area contributed by atoms with Crippen molar-refractivity contribution in [2.75, 3.05) is 6.54 Å². The monoisotopic (exact) mass is 200 g/mol. The Hall–Kier alpha value is -1.47. The Morgan fingerprint density at radius 2 is 2.20 bits per heavy atom. The Morgan fingerprint density at radius 1 is 1.33 bits per heavy atom. The second-order valence-electron chi connectivity index (χ2n) is 4.17. The number of aromatic nitrogens is 2. The maximum Gasteiger partial charge on any atom is 0.148 e. The highest BCUT2D eigenvalue weighted by atomic mass is 15.0. The molecule has 0 unspecified atom stereocenters. The van der Waals surface area contributed by atoms with Crippen LogP contribution in [0.25, 0.3) is 0 Å². The average molecular weight is 200 g/mol. The lowest BCUT2D eigenvalue weighted by Crippen LogP contribution is -2.26. The van der Waals surface area contributed by atoms with E-state index in [1.165, 1.54) is 12.8 Å². The van der Waals surface area contributed by atoms with Gasteiger partial charge < -0.3 is 5.32 Å². The van der Waals surface area contributed by atoms with Crippen molar-refractivity contribution in [3.05, 3.63) is 22.8 Å². The van der Waals surface area contributed by atoms with E-state index in [0.717, 1.165) is 36.6 Å². The van der Waals surface area contributed by atoms with Gasteiger partial charge in [-0.1, -0.05) is 0 Å². The topological polar surface area (TPSA) is 61.6 Å². The zero-order valence-corrected chi connectivity index (χ0v) is 8.45. The van der Waals surface area contributed by atoms with Gasteiger partial charge in [-0.2, -0.15) is 5.26 Å². The summed E-state index contributed by atoms with van der Waals surface area (Å²) in [6.45, 7) is 1.70. The summed E-state index contributed by atoms with van der Waals surface area (Å²) in [5, 5.41) is 12.3. The highest BCUT2D eigenvalue weighted by Gasteiger charge is 2.29. The minimum atomic E-state index is 0.525. The van der Waals surface area contributed by atoms with Gasteiger partial charge in [-0.05, 0) is 12.8 Å². The van der Waals surface area contributed by atoms with Crippen LogP contribution in [0, 0.1) is 11.3 Å². The van der Waals surface area contributed by atoms with Crippen LogP contribution in [0.15, 0.2) is 0 Å². The lowest BCUT2D eigenvalue weighted by molar-refractivity contribution is 0.617. The van der Waals surface area contributed by atoms with Crippen LogP contribution in [-0.4, -0.2) is 16.5 Å². The second kappa shape index (κ2) is 3.28. The highest BCUT2D eigenvalue weighted by Crippen LogP contribution is 2.38. The zero-order chi connectivity index (χ0) is 10.3. The molecule has 0 radical (unpaired) electrons. The molecule has 0 atom stereocenters. The largest absolute Gasteiger partial charge is 0.312 e. The SMILES string of the molecule is N#Cc1nc(C2CC2)nc2c1CNCC2. The molecule has 1 aromatic rings. The lowest BCUT2D eigenvalue weighted by Gasteiger charge is -2.17. The first-order chi connectivity index (χ1) is 7.38. The molecule has 1 N–H and O–H groups in total. The maximum atomic E-state index is 9.05. The zero-order valence-electron chi connectivity index (χ0n) is 8.45. The van der Waals surface area contributed by atoms with Crippen molar-refractivity contribution in [1.82, 2.24) is 15.3 Å². The molecule has 1 aliphatic carbocycles. The highest BCUT2D eigenvalue weighted by molar-refractivity contribution is 5.37. The summed E-state index contributed by atoms with van der Waals surface area (Å²) < 4.78 is 0. The maximum absolute atomic E-state index is 9.05. The fraction of sp³-hybridized carbons (Fsp3) is 0.545. The van der Waals surface area contributed by atoms with Gasteiger partial charge in [0.1, 0.15) is 17.6 Å². The van der Waals surface area contributed by atoms with Crippen LogP contribution in [0.1, 0.15) is 41.5 Å². The molecule has 0 spiro atoms. The molecule has 0 saturated heterocycles. The van der Waals surface area contributed by atoms with Crippen LogP contribution in [-0.2, 0) is 13.0 Å². The summed E-state index contributed by atoms with van der Waals surface area (Å²) in [5.41, 5.74) is 2.67. The molecule has 1 saturated carbocycles. The minimum Gasteiger partial charge on any atom is -0.312 e. The van der Waals surface area contributed by atoms with E-state index in [1.807, 2.05) is 0 Å². The van der Waals surface area contributed by atoms with Gasteiger partial charge in [-0.25, -0.2) is 9.97 Å². The van der Waals surface area contributed by atoms with Gasteiger partial charge in [0.2, 0.25) is 0 Å². The Kier molecular flexibility index (Phi) is 1.93. The third-order valence-corrected chi connectivity index (χ3v) is 3.00. The third kappa shape index (κ3) is 1.49. The molecular formula is C11H12N4. The summed E-state index contributed by atoms with van der Waals surface area (Å²) in [4.78, 5) is 8.94. The molecular weight excluding hydrogens is 188 g/mol. The smallest absolute Gasteiger partial charge is 0.148 e. The van der Waals surface area contributed by atoms with Crippen molar-refractivity contribution in [2.24, 2.45) is 0 Å². The minimum absolute atomic E-state index is 0.525. The standard InChI is InChI=1S/C11H12N4/c12-5-10-8-6-13-4-3-9(8)14-11(15-10)7-1-2-7/h7,13H,1-4,6H2. The van der Waals surface area contributed by atoms with Crippen molar-refractivity contribution < 1.29 is 0 Å².